The van der Waals surface area contributed by atoms with Gasteiger partial charge in [-0.15, -0.1) is 0 Å². The summed E-state index contributed by atoms with van der Waals surface area (Å²) in [6, 6.07) is 7.82. The topological polar surface area (TPSA) is 117 Å². The molecule has 1 aliphatic heterocycles. The Morgan fingerprint density at radius 3 is 2.71 bits per heavy atom. The van der Waals surface area contributed by atoms with Gasteiger partial charge in [-0.3, -0.25) is 4.57 Å². The molecule has 1 aromatic heterocycles. The predicted molar refractivity (Wildman–Crippen MR) is 81.8 cm³/mol. The minimum atomic E-state index is -1.86. The van der Waals surface area contributed by atoms with Crippen molar-refractivity contribution in [3.63, 3.8) is 0 Å². The summed E-state index contributed by atoms with van der Waals surface area (Å²) in [7, 11) is 0. The molecule has 1 saturated heterocycles. The van der Waals surface area contributed by atoms with Crippen molar-refractivity contribution < 1.29 is 24.4 Å². The lowest BCUT2D eigenvalue weighted by atomic mass is 10.1. The molecular formula is C15H16FN3O5. The zero-order valence-corrected chi connectivity index (χ0v) is 12.4. The lowest BCUT2D eigenvalue weighted by Gasteiger charge is -2.16. The lowest BCUT2D eigenvalue weighted by Crippen LogP contribution is -2.33. The molecule has 1 aromatic carbocycles. The van der Waals surface area contributed by atoms with Crippen LogP contribution in [-0.4, -0.2) is 49.9 Å². The summed E-state index contributed by atoms with van der Waals surface area (Å²) in [6.45, 7) is -0.562. The molecule has 1 fully saturated rings. The fourth-order valence-corrected chi connectivity index (χ4v) is 2.47. The highest BCUT2D eigenvalue weighted by Crippen LogP contribution is 2.31. The van der Waals surface area contributed by atoms with Crippen molar-refractivity contribution >= 4 is 11.5 Å². The number of ether oxygens (including phenoxy) is 1. The van der Waals surface area contributed by atoms with Crippen LogP contribution in [0.3, 0.4) is 0 Å². The van der Waals surface area contributed by atoms with E-state index in [1.54, 1.807) is 18.2 Å². The number of halogens is 1. The molecule has 0 radical (unpaired) electrons. The molecule has 0 amide bonds. The summed E-state index contributed by atoms with van der Waals surface area (Å²) in [6.07, 6.45) is -4.58. The quantitative estimate of drug-likeness (QED) is 0.592. The molecule has 4 N–H and O–H groups in total. The summed E-state index contributed by atoms with van der Waals surface area (Å²) < 4.78 is 20.1. The molecule has 4 atom stereocenters. The second-order valence-electron chi connectivity index (χ2n) is 5.33. The van der Waals surface area contributed by atoms with E-state index in [9.17, 15) is 19.4 Å². The molecule has 128 valence electrons. The van der Waals surface area contributed by atoms with Crippen LogP contribution in [-0.2, 0) is 4.74 Å². The van der Waals surface area contributed by atoms with Crippen LogP contribution in [0.25, 0.3) is 0 Å². The van der Waals surface area contributed by atoms with Gasteiger partial charge in [-0.2, -0.15) is 4.98 Å². The summed E-state index contributed by atoms with van der Waals surface area (Å²) in [5, 5.41) is 31.1. The average Bonchev–Trinajstić information content (AvgIpc) is 2.85. The Hall–Kier alpha value is -2.49. The second-order valence-corrected chi connectivity index (χ2v) is 5.33. The van der Waals surface area contributed by atoms with Crippen LogP contribution < -0.4 is 11.0 Å². The Kier molecular flexibility index (Phi) is 4.47. The van der Waals surface area contributed by atoms with Gasteiger partial charge in [-0.1, -0.05) is 12.1 Å². The third-order valence-corrected chi connectivity index (χ3v) is 3.74. The standard InChI is InChI=1S/C15H16FN3O5/c16-12-13(22)10(7-20)24-14(12)19-6-5-11(18-15(19)23)17-8-3-1-2-4-9(8)21/h1-6,10,12-14,20-22H,7H2,(H,17,18,23)/t10-,12?,13+,14-/m1/s1. The molecule has 1 unspecified atom stereocenters. The molecule has 0 bridgehead atoms. The van der Waals surface area contributed by atoms with Crippen LogP contribution in [0.4, 0.5) is 15.9 Å². The van der Waals surface area contributed by atoms with Gasteiger partial charge in [0, 0.05) is 6.20 Å². The molecule has 3 rings (SSSR count). The number of alkyl halides is 1. The van der Waals surface area contributed by atoms with Crippen LogP contribution in [0.15, 0.2) is 41.3 Å². The fourth-order valence-electron chi connectivity index (χ4n) is 2.47. The SMILES string of the molecule is O=c1nc(Nc2ccccc2O)ccn1[C@@H]1O[C@H](CO)[C@H](O)C1F. The van der Waals surface area contributed by atoms with Gasteiger partial charge in [0.2, 0.25) is 0 Å². The van der Waals surface area contributed by atoms with Gasteiger partial charge < -0.3 is 25.4 Å². The van der Waals surface area contributed by atoms with Crippen molar-refractivity contribution in [1.29, 1.82) is 0 Å². The maximum absolute atomic E-state index is 14.1. The highest BCUT2D eigenvalue weighted by atomic mass is 19.1. The molecule has 2 aromatic rings. The first-order valence-electron chi connectivity index (χ1n) is 7.24. The van der Waals surface area contributed by atoms with Crippen molar-refractivity contribution in [3.05, 3.63) is 47.0 Å². The summed E-state index contributed by atoms with van der Waals surface area (Å²) >= 11 is 0. The Labute approximate surface area is 135 Å². The smallest absolute Gasteiger partial charge is 0.351 e. The van der Waals surface area contributed by atoms with Crippen molar-refractivity contribution in [2.75, 3.05) is 11.9 Å². The van der Waals surface area contributed by atoms with Crippen molar-refractivity contribution in [2.24, 2.45) is 0 Å². The number of benzene rings is 1. The largest absolute Gasteiger partial charge is 0.506 e. The van der Waals surface area contributed by atoms with Gasteiger partial charge in [0.25, 0.3) is 0 Å². The number of nitrogens with zero attached hydrogens (tertiary/aromatic N) is 2. The fraction of sp³-hybridized carbons (Fsp3) is 0.333. The van der Waals surface area contributed by atoms with E-state index in [1.807, 2.05) is 0 Å². The highest BCUT2D eigenvalue weighted by Gasteiger charge is 2.45. The number of nitrogens with one attached hydrogen (secondary N) is 1. The molecule has 24 heavy (non-hydrogen) atoms. The minimum Gasteiger partial charge on any atom is -0.506 e. The highest BCUT2D eigenvalue weighted by molar-refractivity contribution is 5.62. The molecule has 0 saturated carbocycles. The van der Waals surface area contributed by atoms with Crippen LogP contribution >= 0.6 is 0 Å². The zero-order valence-electron chi connectivity index (χ0n) is 12.4. The number of phenolic OH excluding ortho intramolecular Hbond substituents is 1. The third-order valence-electron chi connectivity index (χ3n) is 3.74. The van der Waals surface area contributed by atoms with E-state index in [0.717, 1.165) is 4.57 Å². The van der Waals surface area contributed by atoms with Gasteiger partial charge in [-0.25, -0.2) is 9.18 Å². The Morgan fingerprint density at radius 1 is 1.33 bits per heavy atom. The second kappa shape index (κ2) is 6.56. The molecule has 2 heterocycles. The van der Waals surface area contributed by atoms with Gasteiger partial charge in [-0.05, 0) is 18.2 Å². The summed E-state index contributed by atoms with van der Waals surface area (Å²) in [5.74, 6) is 0.144. The van der Waals surface area contributed by atoms with E-state index in [0.29, 0.717) is 5.69 Å². The van der Waals surface area contributed by atoms with Gasteiger partial charge in [0.15, 0.2) is 12.4 Å². The van der Waals surface area contributed by atoms with Crippen LogP contribution in [0.5, 0.6) is 5.75 Å². The monoisotopic (exact) mass is 337 g/mol. The van der Waals surface area contributed by atoms with Gasteiger partial charge in [0.05, 0.1) is 12.3 Å². The number of hydrogen-bond acceptors (Lipinski definition) is 7. The summed E-state index contributed by atoms with van der Waals surface area (Å²) in [5.41, 5.74) is -0.438. The van der Waals surface area contributed by atoms with Gasteiger partial charge >= 0.3 is 5.69 Å². The number of anilines is 2. The zero-order chi connectivity index (χ0) is 17.3. The molecular weight excluding hydrogens is 321 g/mol. The number of para-hydroxylation sites is 2. The Balaban J connectivity index is 1.83. The van der Waals surface area contributed by atoms with Crippen molar-refractivity contribution in [1.82, 2.24) is 9.55 Å². The van der Waals surface area contributed by atoms with E-state index in [4.69, 9.17) is 9.84 Å². The average molecular weight is 337 g/mol. The Morgan fingerprint density at radius 2 is 2.08 bits per heavy atom. The number of aliphatic hydroxyl groups is 2. The molecule has 9 heteroatoms. The number of aliphatic hydroxyl groups excluding tert-OH is 2. The lowest BCUT2D eigenvalue weighted by molar-refractivity contribution is -0.0490. The molecule has 8 nitrogen and oxygen atoms in total. The maximum atomic E-state index is 14.1. The predicted octanol–water partition coefficient (Wildman–Crippen LogP) is 0.281. The first-order valence-corrected chi connectivity index (χ1v) is 7.24. The van der Waals surface area contributed by atoms with E-state index in [-0.39, 0.29) is 11.6 Å². The van der Waals surface area contributed by atoms with E-state index >= 15 is 0 Å². The van der Waals surface area contributed by atoms with E-state index < -0.39 is 36.9 Å². The molecule has 0 spiro atoms. The minimum absolute atomic E-state index is 0.0136. The number of hydrogen-bond donors (Lipinski definition) is 4. The number of rotatable bonds is 4. The normalized spacial score (nSPS) is 26.5. The van der Waals surface area contributed by atoms with E-state index in [2.05, 4.69) is 10.3 Å². The van der Waals surface area contributed by atoms with Crippen molar-refractivity contribution in [2.45, 2.75) is 24.6 Å². The Bertz CT molecular complexity index is 784. The number of aromatic nitrogens is 2. The number of phenols is 1. The van der Waals surface area contributed by atoms with Crippen LogP contribution in [0, 0.1) is 0 Å². The first-order chi connectivity index (χ1) is 11.5. The van der Waals surface area contributed by atoms with E-state index in [1.165, 1.54) is 18.3 Å². The van der Waals surface area contributed by atoms with Gasteiger partial charge in [0.1, 0.15) is 23.8 Å². The van der Waals surface area contributed by atoms with Crippen LogP contribution in [0.1, 0.15) is 6.23 Å². The first kappa shape index (κ1) is 16.4. The van der Waals surface area contributed by atoms with Crippen molar-refractivity contribution in [3.8, 4) is 5.75 Å². The summed E-state index contributed by atoms with van der Waals surface area (Å²) in [4.78, 5) is 15.9. The molecule has 0 aliphatic carbocycles. The van der Waals surface area contributed by atoms with Crippen LogP contribution in [0.2, 0.25) is 0 Å². The maximum Gasteiger partial charge on any atom is 0.351 e. The molecule has 1 aliphatic rings. The third kappa shape index (κ3) is 2.96. The number of aromatic hydroxyl groups is 1.